The number of rotatable bonds is 3. The van der Waals surface area contributed by atoms with Crippen LogP contribution in [0.4, 0.5) is 0 Å². The highest BCUT2D eigenvalue weighted by atomic mass is 16.4. The van der Waals surface area contributed by atoms with E-state index >= 15 is 0 Å². The summed E-state index contributed by atoms with van der Waals surface area (Å²) < 4.78 is 5.59. The second-order valence-corrected chi connectivity index (χ2v) is 5.88. The van der Waals surface area contributed by atoms with E-state index in [1.807, 2.05) is 0 Å². The van der Waals surface area contributed by atoms with Crippen molar-refractivity contribution in [2.75, 3.05) is 6.54 Å². The van der Waals surface area contributed by atoms with E-state index in [1.54, 1.807) is 13.8 Å². The lowest BCUT2D eigenvalue weighted by atomic mass is 9.99. The normalized spacial score (nSPS) is 26.0. The molecule has 3 rings (SSSR count). The number of carboxylic acids is 1. The average Bonchev–Trinajstić information content (AvgIpc) is 3.06. The first kappa shape index (κ1) is 13.1. The van der Waals surface area contributed by atoms with E-state index in [0.717, 1.165) is 12.8 Å². The van der Waals surface area contributed by atoms with Gasteiger partial charge in [0.1, 0.15) is 5.54 Å². The number of likely N-dealkylation sites (tertiary alicyclic amines) is 1. The summed E-state index contributed by atoms with van der Waals surface area (Å²) in [5, 5.41) is 9.37. The number of oxazole rings is 1. The Balaban J connectivity index is 1.90. The van der Waals surface area contributed by atoms with Crippen molar-refractivity contribution in [3.05, 3.63) is 17.3 Å². The third kappa shape index (κ3) is 1.90. The molecule has 20 heavy (non-hydrogen) atoms. The molecule has 0 aromatic carbocycles. The minimum absolute atomic E-state index is 0.196. The van der Waals surface area contributed by atoms with Gasteiger partial charge in [-0.25, -0.2) is 9.78 Å². The molecule has 1 saturated carbocycles. The zero-order chi connectivity index (χ0) is 14.5. The second-order valence-electron chi connectivity index (χ2n) is 5.88. The Labute approximate surface area is 116 Å². The number of hydrogen-bond donors (Lipinski definition) is 1. The van der Waals surface area contributed by atoms with Gasteiger partial charge in [-0.2, -0.15) is 0 Å². The van der Waals surface area contributed by atoms with Crippen LogP contribution in [0.25, 0.3) is 0 Å². The summed E-state index contributed by atoms with van der Waals surface area (Å²) in [7, 11) is 0. The Bertz CT molecular complexity index is 576. The molecule has 1 unspecified atom stereocenters. The first-order chi connectivity index (χ1) is 9.43. The topological polar surface area (TPSA) is 83.6 Å². The van der Waals surface area contributed by atoms with Crippen LogP contribution in [0.3, 0.4) is 0 Å². The summed E-state index contributed by atoms with van der Waals surface area (Å²) >= 11 is 0. The zero-order valence-electron chi connectivity index (χ0n) is 11.7. The SMILES string of the molecule is Cc1nc(C2CC2)oc1C(=O)N1CCCC1(C)C(=O)O. The predicted molar refractivity (Wildman–Crippen MR) is 69.5 cm³/mol. The van der Waals surface area contributed by atoms with Gasteiger partial charge in [-0.05, 0) is 39.5 Å². The molecule has 6 heteroatoms. The molecule has 1 aliphatic heterocycles. The Morgan fingerprint density at radius 3 is 2.75 bits per heavy atom. The molecule has 0 bridgehead atoms. The molecule has 1 N–H and O–H groups in total. The molecule has 2 aliphatic rings. The molecule has 2 heterocycles. The number of aromatic nitrogens is 1. The average molecular weight is 278 g/mol. The number of carbonyl (C=O) groups excluding carboxylic acids is 1. The standard InChI is InChI=1S/C14H18N2O4/c1-8-10(20-11(15-8)9-4-5-9)12(17)16-7-3-6-14(16,2)13(18)19/h9H,3-7H2,1-2H3,(H,18,19). The van der Waals surface area contributed by atoms with Crippen LogP contribution in [-0.2, 0) is 4.79 Å². The number of amides is 1. The predicted octanol–water partition coefficient (Wildman–Crippen LogP) is 1.94. The van der Waals surface area contributed by atoms with Crippen molar-refractivity contribution in [3.63, 3.8) is 0 Å². The highest BCUT2D eigenvalue weighted by Crippen LogP contribution is 2.40. The number of carbonyl (C=O) groups is 2. The van der Waals surface area contributed by atoms with Crippen LogP contribution in [0.2, 0.25) is 0 Å². The molecule has 6 nitrogen and oxygen atoms in total. The van der Waals surface area contributed by atoms with E-state index in [9.17, 15) is 14.7 Å². The van der Waals surface area contributed by atoms with Gasteiger partial charge in [0, 0.05) is 12.5 Å². The lowest BCUT2D eigenvalue weighted by molar-refractivity contribution is -0.147. The van der Waals surface area contributed by atoms with Gasteiger partial charge >= 0.3 is 5.97 Å². The van der Waals surface area contributed by atoms with Gasteiger partial charge in [-0.3, -0.25) is 4.79 Å². The van der Waals surface area contributed by atoms with Crippen molar-refractivity contribution < 1.29 is 19.1 Å². The molecule has 1 aliphatic carbocycles. The summed E-state index contributed by atoms with van der Waals surface area (Å²) in [4.78, 5) is 29.7. The number of carboxylic acid groups (broad SMARTS) is 1. The van der Waals surface area contributed by atoms with Crippen LogP contribution in [0.5, 0.6) is 0 Å². The number of nitrogens with zero attached hydrogens (tertiary/aromatic N) is 2. The fourth-order valence-electron chi connectivity index (χ4n) is 2.75. The molecule has 1 atom stereocenters. The van der Waals surface area contributed by atoms with Crippen molar-refractivity contribution >= 4 is 11.9 Å². The fraction of sp³-hybridized carbons (Fsp3) is 0.643. The third-order valence-corrected chi connectivity index (χ3v) is 4.28. The van der Waals surface area contributed by atoms with Gasteiger partial charge in [-0.1, -0.05) is 0 Å². The Kier molecular flexibility index (Phi) is 2.84. The van der Waals surface area contributed by atoms with Crippen molar-refractivity contribution in [2.24, 2.45) is 0 Å². The third-order valence-electron chi connectivity index (χ3n) is 4.28. The molecule has 1 aromatic rings. The Morgan fingerprint density at radius 2 is 2.15 bits per heavy atom. The summed E-state index contributed by atoms with van der Waals surface area (Å²) in [5.41, 5.74) is -0.590. The van der Waals surface area contributed by atoms with Crippen LogP contribution in [0.1, 0.15) is 60.7 Å². The van der Waals surface area contributed by atoms with Crippen LogP contribution < -0.4 is 0 Å². The van der Waals surface area contributed by atoms with Crippen LogP contribution >= 0.6 is 0 Å². The van der Waals surface area contributed by atoms with Crippen LogP contribution in [0, 0.1) is 6.92 Å². The fourth-order valence-corrected chi connectivity index (χ4v) is 2.75. The zero-order valence-corrected chi connectivity index (χ0v) is 11.7. The lowest BCUT2D eigenvalue weighted by Crippen LogP contribution is -2.50. The van der Waals surface area contributed by atoms with Crippen molar-refractivity contribution in [2.45, 2.75) is 51.0 Å². The van der Waals surface area contributed by atoms with Crippen LogP contribution in [0.15, 0.2) is 4.42 Å². The van der Waals surface area contributed by atoms with Gasteiger partial charge in [0.05, 0.1) is 5.69 Å². The molecule has 108 valence electrons. The van der Waals surface area contributed by atoms with Gasteiger partial charge in [0.25, 0.3) is 5.91 Å². The van der Waals surface area contributed by atoms with Gasteiger partial charge in [0.15, 0.2) is 5.89 Å². The second kappa shape index (κ2) is 4.33. The summed E-state index contributed by atoms with van der Waals surface area (Å²) in [6.45, 7) is 3.77. The summed E-state index contributed by atoms with van der Waals surface area (Å²) in [5.74, 6) is -0.185. The highest BCUT2D eigenvalue weighted by Gasteiger charge is 2.47. The van der Waals surface area contributed by atoms with E-state index in [1.165, 1.54) is 4.90 Å². The summed E-state index contributed by atoms with van der Waals surface area (Å²) in [6, 6.07) is 0. The molecule has 1 aromatic heterocycles. The van der Waals surface area contributed by atoms with E-state index in [2.05, 4.69) is 4.98 Å². The Morgan fingerprint density at radius 1 is 1.45 bits per heavy atom. The minimum atomic E-state index is -1.14. The summed E-state index contributed by atoms with van der Waals surface area (Å²) in [6.07, 6.45) is 3.25. The van der Waals surface area contributed by atoms with Crippen molar-refractivity contribution in [3.8, 4) is 0 Å². The number of aliphatic carboxylic acids is 1. The molecule has 1 saturated heterocycles. The largest absolute Gasteiger partial charge is 0.480 e. The first-order valence-corrected chi connectivity index (χ1v) is 6.96. The molecule has 0 spiro atoms. The monoisotopic (exact) mass is 278 g/mol. The molecular weight excluding hydrogens is 260 g/mol. The first-order valence-electron chi connectivity index (χ1n) is 6.96. The lowest BCUT2D eigenvalue weighted by Gasteiger charge is -2.30. The smallest absolute Gasteiger partial charge is 0.329 e. The van der Waals surface area contributed by atoms with Gasteiger partial charge in [-0.15, -0.1) is 0 Å². The maximum atomic E-state index is 12.6. The van der Waals surface area contributed by atoms with E-state index < -0.39 is 11.5 Å². The molecule has 1 amide bonds. The minimum Gasteiger partial charge on any atom is -0.480 e. The quantitative estimate of drug-likeness (QED) is 0.913. The van der Waals surface area contributed by atoms with Crippen molar-refractivity contribution in [1.82, 2.24) is 9.88 Å². The maximum absolute atomic E-state index is 12.6. The number of aryl methyl sites for hydroxylation is 1. The Hall–Kier alpha value is -1.85. The van der Waals surface area contributed by atoms with Crippen LogP contribution in [-0.4, -0.2) is 39.0 Å². The maximum Gasteiger partial charge on any atom is 0.329 e. The molecule has 0 radical (unpaired) electrons. The van der Waals surface area contributed by atoms with Gasteiger partial charge < -0.3 is 14.4 Å². The van der Waals surface area contributed by atoms with Gasteiger partial charge in [0.2, 0.25) is 5.76 Å². The molecular formula is C14H18N2O4. The van der Waals surface area contributed by atoms with Crippen molar-refractivity contribution in [1.29, 1.82) is 0 Å². The van der Waals surface area contributed by atoms with E-state index in [-0.39, 0.29) is 11.7 Å². The van der Waals surface area contributed by atoms with E-state index in [4.69, 9.17) is 4.42 Å². The number of hydrogen-bond acceptors (Lipinski definition) is 4. The van der Waals surface area contributed by atoms with E-state index in [0.29, 0.717) is 36.9 Å². The molecule has 2 fully saturated rings. The highest BCUT2D eigenvalue weighted by molar-refractivity contribution is 5.96.